The van der Waals surface area contributed by atoms with Crippen molar-refractivity contribution < 1.29 is 14.7 Å². The third kappa shape index (κ3) is 5.40. The van der Waals surface area contributed by atoms with Gasteiger partial charge in [-0.1, -0.05) is 96.2 Å². The molecule has 0 radical (unpaired) electrons. The summed E-state index contributed by atoms with van der Waals surface area (Å²) in [5, 5.41) is 1.68. The summed E-state index contributed by atoms with van der Waals surface area (Å²) in [5.41, 5.74) is 10.7. The van der Waals surface area contributed by atoms with E-state index in [1.54, 1.807) is 5.19 Å². The van der Waals surface area contributed by atoms with E-state index in [2.05, 4.69) is 94.9 Å². The maximum atomic E-state index is 4.97. The van der Waals surface area contributed by atoms with Gasteiger partial charge in [0.2, 0.25) is 0 Å². The molecule has 0 aliphatic heterocycles. The predicted molar refractivity (Wildman–Crippen MR) is 142 cm³/mol. The van der Waals surface area contributed by atoms with E-state index in [-0.39, 0.29) is 0 Å². The van der Waals surface area contributed by atoms with Crippen LogP contribution in [-0.2, 0) is 14.7 Å². The Bertz CT molecular complexity index is 1010. The quantitative estimate of drug-likeness (QED) is 0.225. The molecule has 0 aromatic heterocycles. The number of hydrogen-bond acceptors (Lipinski definition) is 0. The number of hydrogen-bond donors (Lipinski definition) is 0. The molecule has 0 bridgehead atoms. The summed E-state index contributed by atoms with van der Waals surface area (Å²) in [6.45, 7) is 11.9. The van der Waals surface area contributed by atoms with Crippen LogP contribution in [0.2, 0.25) is 12.6 Å². The van der Waals surface area contributed by atoms with Crippen molar-refractivity contribution in [2.45, 2.75) is 58.7 Å². The molecule has 0 saturated heterocycles. The van der Waals surface area contributed by atoms with E-state index in [1.165, 1.54) is 57.8 Å². The van der Waals surface area contributed by atoms with E-state index >= 15 is 0 Å². The minimum absolute atomic E-state index is 0.492. The van der Waals surface area contributed by atoms with Crippen molar-refractivity contribution >= 4 is 41.2 Å². The number of halogens is 3. The first-order valence-corrected chi connectivity index (χ1v) is 20.4. The van der Waals surface area contributed by atoms with E-state index in [9.17, 15) is 0 Å². The standard InChI is InChI=1S/C27H31Si.3ClH.Ti/c1-6-7-16-28(5,26-20(3)17-19(2)18-21(26)4)27-24-14-10-8-12-22(24)23-13-9-11-15-25(23)27;;;;/h8-14,17-18,27H,6-7,16H2,1-5H3;3*1H;/q-1;;;;+4/p-3. The molecule has 0 nitrogen and oxygen atoms in total. The summed E-state index contributed by atoms with van der Waals surface area (Å²) in [4.78, 5) is 0. The third-order valence-electron chi connectivity index (χ3n) is 6.67. The fourth-order valence-corrected chi connectivity index (χ4v) is 11.4. The maximum absolute atomic E-state index is 4.97. The van der Waals surface area contributed by atoms with Gasteiger partial charge in [0.15, 0.2) is 0 Å². The molecule has 0 saturated carbocycles. The molecule has 4 rings (SSSR count). The zero-order valence-electron chi connectivity index (χ0n) is 19.5. The normalized spacial score (nSPS) is 15.8. The van der Waals surface area contributed by atoms with Crippen LogP contribution in [0.5, 0.6) is 0 Å². The predicted octanol–water partition coefficient (Wildman–Crippen LogP) is 8.92. The fraction of sp³-hybridized carbons (Fsp3) is 0.333. The van der Waals surface area contributed by atoms with Gasteiger partial charge in [-0.3, -0.25) is 0 Å². The van der Waals surface area contributed by atoms with Gasteiger partial charge in [0.1, 0.15) is 0 Å². The number of fused-ring (bicyclic) bond motifs is 3. The second kappa shape index (κ2) is 11.3. The van der Waals surface area contributed by atoms with Crippen molar-refractivity contribution in [3.05, 3.63) is 88.5 Å². The van der Waals surface area contributed by atoms with Crippen LogP contribution >= 0.6 is 27.9 Å². The van der Waals surface area contributed by atoms with Crippen LogP contribution in [0.1, 0.15) is 53.1 Å². The van der Waals surface area contributed by atoms with Crippen molar-refractivity contribution in [2.75, 3.05) is 0 Å². The molecule has 0 amide bonds. The Labute approximate surface area is 212 Å². The SMILES string of the molecule is CCCC[Si](C)(c1c(C)cc(C)cc1C)C1c2[c-]cccc2-c2ccccc21.[Cl][Ti+]([Cl])[Cl]. The zero-order chi connectivity index (χ0) is 23.5. The summed E-state index contributed by atoms with van der Waals surface area (Å²) in [6.07, 6.45) is 2.56. The van der Waals surface area contributed by atoms with Gasteiger partial charge < -0.3 is 0 Å². The Hall–Kier alpha value is -0.539. The molecular weight excluding hydrogens is 507 g/mol. The number of unbranched alkanes of at least 4 members (excludes halogenated alkanes) is 1. The summed E-state index contributed by atoms with van der Waals surface area (Å²) in [7, 11) is 13.1. The van der Waals surface area contributed by atoms with Crippen molar-refractivity contribution in [3.63, 3.8) is 0 Å². The van der Waals surface area contributed by atoms with E-state index < -0.39 is 22.8 Å². The van der Waals surface area contributed by atoms with Gasteiger partial charge in [-0.25, -0.2) is 0 Å². The van der Waals surface area contributed by atoms with Crippen LogP contribution in [0.3, 0.4) is 0 Å². The average Bonchev–Trinajstić information content (AvgIpc) is 3.06. The first-order chi connectivity index (χ1) is 15.2. The fourth-order valence-electron chi connectivity index (χ4n) is 5.77. The van der Waals surface area contributed by atoms with Gasteiger partial charge >= 0.3 is 42.6 Å². The summed E-state index contributed by atoms with van der Waals surface area (Å²) in [6, 6.07) is 25.5. The molecule has 1 aliphatic carbocycles. The second-order valence-electron chi connectivity index (χ2n) is 9.03. The average molecular weight is 538 g/mol. The van der Waals surface area contributed by atoms with E-state index in [1.807, 2.05) is 0 Å². The van der Waals surface area contributed by atoms with Gasteiger partial charge in [-0.05, 0) is 31.9 Å². The molecule has 3 aromatic rings. The third-order valence-corrected chi connectivity index (χ3v) is 11.9. The van der Waals surface area contributed by atoms with E-state index in [4.69, 9.17) is 27.9 Å². The van der Waals surface area contributed by atoms with E-state index in [0.29, 0.717) is 5.54 Å². The van der Waals surface area contributed by atoms with Crippen LogP contribution < -0.4 is 5.19 Å². The number of rotatable bonds is 5. The summed E-state index contributed by atoms with van der Waals surface area (Å²) in [5.74, 6) is 0. The molecular formula is C27H31Cl3SiTi. The molecule has 1 aliphatic rings. The van der Waals surface area contributed by atoms with Gasteiger partial charge in [-0.15, -0.1) is 11.1 Å². The molecule has 0 N–H and O–H groups in total. The topological polar surface area (TPSA) is 0 Å². The van der Waals surface area contributed by atoms with Crippen LogP contribution in [0, 0.1) is 26.8 Å². The Kier molecular flexibility index (Phi) is 9.17. The van der Waals surface area contributed by atoms with Crippen molar-refractivity contribution in [2.24, 2.45) is 0 Å². The summed E-state index contributed by atoms with van der Waals surface area (Å²) >= 11 is -1.92. The van der Waals surface area contributed by atoms with E-state index in [0.717, 1.165) is 0 Å². The zero-order valence-corrected chi connectivity index (χ0v) is 24.4. The van der Waals surface area contributed by atoms with Gasteiger partial charge in [0.25, 0.3) is 0 Å². The Morgan fingerprint density at radius 2 is 1.53 bits per heavy atom. The van der Waals surface area contributed by atoms with Crippen molar-refractivity contribution in [1.82, 2.24) is 0 Å². The van der Waals surface area contributed by atoms with Gasteiger partial charge in [0, 0.05) is 0 Å². The molecule has 32 heavy (non-hydrogen) atoms. The number of benzene rings is 3. The van der Waals surface area contributed by atoms with Crippen LogP contribution in [-0.4, -0.2) is 8.07 Å². The van der Waals surface area contributed by atoms with Crippen LogP contribution in [0.25, 0.3) is 11.1 Å². The summed E-state index contributed by atoms with van der Waals surface area (Å²) < 4.78 is 0. The molecule has 2 atom stereocenters. The molecule has 2 unspecified atom stereocenters. The molecule has 0 fully saturated rings. The molecule has 168 valence electrons. The molecule has 5 heteroatoms. The molecule has 0 spiro atoms. The van der Waals surface area contributed by atoms with Gasteiger partial charge in [0.05, 0.1) is 8.07 Å². The molecule has 3 aromatic carbocycles. The van der Waals surface area contributed by atoms with Crippen molar-refractivity contribution in [1.29, 1.82) is 0 Å². The van der Waals surface area contributed by atoms with Crippen molar-refractivity contribution in [3.8, 4) is 11.1 Å². The monoisotopic (exact) mass is 536 g/mol. The first-order valence-electron chi connectivity index (χ1n) is 11.2. The molecule has 0 heterocycles. The number of aryl methyl sites for hydroxylation is 3. The second-order valence-corrected chi connectivity index (χ2v) is 21.2. The Balaban J connectivity index is 0.000000668. The Morgan fingerprint density at radius 3 is 2.16 bits per heavy atom. The minimum atomic E-state index is -1.92. The van der Waals surface area contributed by atoms with Crippen LogP contribution in [0.15, 0.2) is 54.6 Å². The van der Waals surface area contributed by atoms with Gasteiger partial charge in [-0.2, -0.15) is 24.3 Å². The Morgan fingerprint density at radius 1 is 0.938 bits per heavy atom. The first kappa shape index (κ1) is 26.1. The van der Waals surface area contributed by atoms with Crippen LogP contribution in [0.4, 0.5) is 0 Å².